The van der Waals surface area contributed by atoms with Gasteiger partial charge >= 0.3 is 5.97 Å². The summed E-state index contributed by atoms with van der Waals surface area (Å²) in [5.74, 6) is -0.892. The Bertz CT molecular complexity index is 528. The third-order valence-electron chi connectivity index (χ3n) is 3.85. The average molecular weight is 290 g/mol. The van der Waals surface area contributed by atoms with Crippen molar-refractivity contribution in [1.82, 2.24) is 10.2 Å². The Morgan fingerprint density at radius 3 is 2.62 bits per heavy atom. The molecule has 1 amide bonds. The molecule has 1 aromatic rings. The van der Waals surface area contributed by atoms with Crippen LogP contribution in [-0.2, 0) is 22.6 Å². The first-order valence-corrected chi connectivity index (χ1v) is 7.31. The number of carboxylic acids is 1. The number of benzene rings is 1. The zero-order valence-electron chi connectivity index (χ0n) is 12.5. The number of aliphatic carboxylic acids is 1. The molecule has 2 rings (SSSR count). The van der Waals surface area contributed by atoms with Gasteiger partial charge in [-0.15, -0.1) is 0 Å². The monoisotopic (exact) mass is 290 g/mol. The fourth-order valence-electron chi connectivity index (χ4n) is 2.67. The van der Waals surface area contributed by atoms with Crippen LogP contribution in [0.5, 0.6) is 0 Å². The predicted molar refractivity (Wildman–Crippen MR) is 79.9 cm³/mol. The molecule has 0 bridgehead atoms. The SMILES string of the molecule is CC(C)N(CCC(=O)O)C(=O)[C@@H]1Cc2ccccc2CN1. The zero-order valence-corrected chi connectivity index (χ0v) is 12.5. The Kier molecular flexibility index (Phi) is 4.96. The van der Waals surface area contributed by atoms with E-state index in [2.05, 4.69) is 11.4 Å². The summed E-state index contributed by atoms with van der Waals surface area (Å²) < 4.78 is 0. The molecule has 0 saturated carbocycles. The van der Waals surface area contributed by atoms with Gasteiger partial charge in [-0.2, -0.15) is 0 Å². The Morgan fingerprint density at radius 1 is 1.33 bits per heavy atom. The van der Waals surface area contributed by atoms with E-state index in [4.69, 9.17) is 5.11 Å². The van der Waals surface area contributed by atoms with Crippen LogP contribution >= 0.6 is 0 Å². The molecule has 5 heteroatoms. The van der Waals surface area contributed by atoms with Gasteiger partial charge in [-0.25, -0.2) is 0 Å². The highest BCUT2D eigenvalue weighted by molar-refractivity contribution is 5.83. The van der Waals surface area contributed by atoms with Gasteiger partial charge in [0.25, 0.3) is 0 Å². The first kappa shape index (κ1) is 15.5. The van der Waals surface area contributed by atoms with Gasteiger partial charge in [0.1, 0.15) is 0 Å². The second-order valence-electron chi connectivity index (χ2n) is 5.68. The molecule has 1 aromatic carbocycles. The number of rotatable bonds is 5. The Balaban J connectivity index is 2.06. The van der Waals surface area contributed by atoms with Gasteiger partial charge in [-0.05, 0) is 31.4 Å². The van der Waals surface area contributed by atoms with Crippen molar-refractivity contribution in [3.63, 3.8) is 0 Å². The van der Waals surface area contributed by atoms with Crippen LogP contribution in [0.1, 0.15) is 31.4 Å². The average Bonchev–Trinajstić information content (AvgIpc) is 2.46. The van der Waals surface area contributed by atoms with Gasteiger partial charge in [-0.1, -0.05) is 24.3 Å². The molecule has 0 unspecified atom stereocenters. The van der Waals surface area contributed by atoms with Crippen LogP contribution in [0.25, 0.3) is 0 Å². The molecule has 0 aliphatic carbocycles. The van der Waals surface area contributed by atoms with Crippen LogP contribution in [0.4, 0.5) is 0 Å². The molecule has 1 aliphatic rings. The van der Waals surface area contributed by atoms with Crippen molar-refractivity contribution in [3.8, 4) is 0 Å². The minimum absolute atomic E-state index is 0.00387. The van der Waals surface area contributed by atoms with Crippen molar-refractivity contribution in [3.05, 3.63) is 35.4 Å². The quantitative estimate of drug-likeness (QED) is 0.860. The number of nitrogens with one attached hydrogen (secondary N) is 1. The molecule has 0 radical (unpaired) electrons. The molecule has 0 aromatic heterocycles. The van der Waals surface area contributed by atoms with E-state index in [1.807, 2.05) is 32.0 Å². The fraction of sp³-hybridized carbons (Fsp3) is 0.500. The van der Waals surface area contributed by atoms with Gasteiger partial charge in [0, 0.05) is 19.1 Å². The molecular weight excluding hydrogens is 268 g/mol. The molecule has 0 spiro atoms. The summed E-state index contributed by atoms with van der Waals surface area (Å²) in [4.78, 5) is 25.0. The molecule has 0 saturated heterocycles. The number of nitrogens with zero attached hydrogens (tertiary/aromatic N) is 1. The molecule has 21 heavy (non-hydrogen) atoms. The summed E-state index contributed by atoms with van der Waals surface area (Å²) in [5.41, 5.74) is 2.42. The number of hydrogen-bond donors (Lipinski definition) is 2. The van der Waals surface area contributed by atoms with Crippen molar-refractivity contribution in [2.24, 2.45) is 0 Å². The largest absolute Gasteiger partial charge is 0.481 e. The van der Waals surface area contributed by atoms with E-state index < -0.39 is 5.97 Å². The van der Waals surface area contributed by atoms with Crippen LogP contribution in [0.2, 0.25) is 0 Å². The van der Waals surface area contributed by atoms with Crippen LogP contribution in [0.3, 0.4) is 0 Å². The molecule has 2 N–H and O–H groups in total. The van der Waals surface area contributed by atoms with Crippen molar-refractivity contribution in [2.75, 3.05) is 6.54 Å². The number of hydrogen-bond acceptors (Lipinski definition) is 3. The third-order valence-corrected chi connectivity index (χ3v) is 3.85. The van der Waals surface area contributed by atoms with Gasteiger partial charge in [0.15, 0.2) is 0 Å². The molecule has 1 heterocycles. The van der Waals surface area contributed by atoms with Gasteiger partial charge in [-0.3, -0.25) is 9.59 Å². The Hall–Kier alpha value is -1.88. The molecule has 114 valence electrons. The highest BCUT2D eigenvalue weighted by Gasteiger charge is 2.29. The van der Waals surface area contributed by atoms with E-state index >= 15 is 0 Å². The summed E-state index contributed by atoms with van der Waals surface area (Å²) in [6, 6.07) is 7.82. The van der Waals surface area contributed by atoms with Crippen LogP contribution in [-0.4, -0.2) is 40.5 Å². The Morgan fingerprint density at radius 2 is 2.00 bits per heavy atom. The first-order chi connectivity index (χ1) is 9.99. The number of carbonyl (C=O) groups excluding carboxylic acids is 1. The van der Waals surface area contributed by atoms with Crippen LogP contribution < -0.4 is 5.32 Å². The van der Waals surface area contributed by atoms with Gasteiger partial charge in [0.2, 0.25) is 5.91 Å². The summed E-state index contributed by atoms with van der Waals surface area (Å²) >= 11 is 0. The lowest BCUT2D eigenvalue weighted by molar-refractivity contribution is -0.140. The third kappa shape index (κ3) is 3.82. The summed E-state index contributed by atoms with van der Waals surface area (Å²) in [6.07, 6.45) is 0.637. The van der Waals surface area contributed by atoms with E-state index in [1.165, 1.54) is 11.1 Å². The van der Waals surface area contributed by atoms with E-state index in [0.717, 1.165) is 0 Å². The lowest BCUT2D eigenvalue weighted by Gasteiger charge is -2.33. The van der Waals surface area contributed by atoms with Crippen molar-refractivity contribution in [1.29, 1.82) is 0 Å². The van der Waals surface area contributed by atoms with Crippen molar-refractivity contribution in [2.45, 2.75) is 45.3 Å². The normalized spacial score (nSPS) is 17.4. The summed E-state index contributed by atoms with van der Waals surface area (Å²) in [6.45, 7) is 4.76. The minimum atomic E-state index is -0.879. The topological polar surface area (TPSA) is 69.6 Å². The molecule has 5 nitrogen and oxygen atoms in total. The van der Waals surface area contributed by atoms with Crippen molar-refractivity contribution < 1.29 is 14.7 Å². The zero-order chi connectivity index (χ0) is 15.4. The number of carbonyl (C=O) groups is 2. The molecule has 1 aliphatic heterocycles. The maximum Gasteiger partial charge on any atom is 0.305 e. The van der Waals surface area contributed by atoms with E-state index in [9.17, 15) is 9.59 Å². The second-order valence-corrected chi connectivity index (χ2v) is 5.68. The second kappa shape index (κ2) is 6.72. The van der Waals surface area contributed by atoms with Crippen LogP contribution in [0.15, 0.2) is 24.3 Å². The maximum absolute atomic E-state index is 12.6. The molecular formula is C16H22N2O3. The maximum atomic E-state index is 12.6. The molecule has 1 atom stereocenters. The summed E-state index contributed by atoms with van der Waals surface area (Å²) in [5, 5.41) is 12.1. The minimum Gasteiger partial charge on any atom is -0.481 e. The first-order valence-electron chi connectivity index (χ1n) is 7.31. The van der Waals surface area contributed by atoms with E-state index in [1.54, 1.807) is 4.90 Å². The van der Waals surface area contributed by atoms with Crippen LogP contribution in [0, 0.1) is 0 Å². The van der Waals surface area contributed by atoms with Gasteiger partial charge in [0.05, 0.1) is 12.5 Å². The smallest absolute Gasteiger partial charge is 0.305 e. The Labute approximate surface area is 125 Å². The summed E-state index contributed by atoms with van der Waals surface area (Å²) in [7, 11) is 0. The lowest BCUT2D eigenvalue weighted by atomic mass is 9.95. The van der Waals surface area contributed by atoms with E-state index in [0.29, 0.717) is 13.0 Å². The highest BCUT2D eigenvalue weighted by Crippen LogP contribution is 2.18. The van der Waals surface area contributed by atoms with E-state index in [-0.39, 0.29) is 31.0 Å². The highest BCUT2D eigenvalue weighted by atomic mass is 16.4. The predicted octanol–water partition coefficient (Wildman–Crippen LogP) is 1.41. The number of carboxylic acid groups (broad SMARTS) is 1. The van der Waals surface area contributed by atoms with Gasteiger partial charge < -0.3 is 15.3 Å². The van der Waals surface area contributed by atoms with Crippen molar-refractivity contribution >= 4 is 11.9 Å². The standard InChI is InChI=1S/C16H22N2O3/c1-11(2)18(8-7-15(19)20)16(21)14-9-12-5-3-4-6-13(12)10-17-14/h3-6,11,14,17H,7-10H2,1-2H3,(H,19,20)/t14-/m0/s1. The number of amides is 1. The fourth-order valence-corrected chi connectivity index (χ4v) is 2.67. The lowest BCUT2D eigenvalue weighted by Crippen LogP contribution is -2.52. The number of fused-ring (bicyclic) bond motifs is 1. The molecule has 0 fully saturated rings.